The van der Waals surface area contributed by atoms with Crippen LogP contribution in [-0.2, 0) is 30.6 Å². The number of rotatable bonds is 5. The third kappa shape index (κ3) is 6.33. The maximum atomic E-state index is 10.7. The Morgan fingerprint density at radius 1 is 1.50 bits per heavy atom. The van der Waals surface area contributed by atoms with Crippen molar-refractivity contribution in [1.82, 2.24) is 0 Å². The number of ether oxygens (including phenoxy) is 1. The van der Waals surface area contributed by atoms with E-state index in [-0.39, 0.29) is 5.97 Å². The van der Waals surface area contributed by atoms with Gasteiger partial charge in [0.15, 0.2) is 0 Å². The molecule has 0 aromatic carbocycles. The van der Waals surface area contributed by atoms with E-state index in [9.17, 15) is 4.79 Å². The average Bonchev–Trinajstić information content (AvgIpc) is 1.89. The summed E-state index contributed by atoms with van der Waals surface area (Å²) in [4.78, 5) is 11.3. The van der Waals surface area contributed by atoms with Gasteiger partial charge in [0.1, 0.15) is 0 Å². The summed E-state index contributed by atoms with van der Waals surface area (Å²) in [7, 11) is 0. The van der Waals surface area contributed by atoms with E-state index < -0.39 is 0 Å². The van der Waals surface area contributed by atoms with Crippen LogP contribution < -0.4 is 0 Å². The molecular weight excluding hydrogens is 209 g/mol. The van der Waals surface area contributed by atoms with Crippen molar-refractivity contribution in [3.63, 3.8) is 0 Å². The number of carbonyl (C=O) groups excluding carboxylic acids is 1. The summed E-state index contributed by atoms with van der Waals surface area (Å²) in [5.41, 5.74) is 0. The molecule has 10 heavy (non-hydrogen) atoms. The maximum absolute atomic E-state index is 10.7. The van der Waals surface area contributed by atoms with Gasteiger partial charge in [0.25, 0.3) is 0 Å². The molecule has 58 valence electrons. The summed E-state index contributed by atoms with van der Waals surface area (Å²) >= 11 is 1.52. The van der Waals surface area contributed by atoms with Crippen LogP contribution in [0.2, 0.25) is 0 Å². The van der Waals surface area contributed by atoms with Crippen LogP contribution in [0.1, 0.15) is 32.6 Å². The molecule has 0 saturated carbocycles. The van der Waals surface area contributed by atoms with E-state index in [0.29, 0.717) is 11.2 Å². The first kappa shape index (κ1) is 10.2. The Kier molecular flexibility index (Phi) is 7.47. The van der Waals surface area contributed by atoms with Crippen LogP contribution in [0, 0.1) is 0 Å². The molecule has 0 radical (unpaired) electrons. The molecule has 0 atom stereocenters. The van der Waals surface area contributed by atoms with E-state index in [0.717, 1.165) is 19.3 Å². The molecule has 0 N–H and O–H groups in total. The molecule has 0 aliphatic carbocycles. The van der Waals surface area contributed by atoms with Crippen LogP contribution in [0.4, 0.5) is 0 Å². The van der Waals surface area contributed by atoms with Gasteiger partial charge in [0.2, 0.25) is 0 Å². The monoisotopic (exact) mass is 222 g/mol. The number of unbranched alkanes of at least 4 members (excludes halogenated alkanes) is 2. The minimum atomic E-state index is -0.0468. The third-order valence-corrected chi connectivity index (χ3v) is 1.53. The van der Waals surface area contributed by atoms with Gasteiger partial charge in [-0.2, -0.15) is 0 Å². The van der Waals surface area contributed by atoms with E-state index in [4.69, 9.17) is 4.74 Å². The van der Waals surface area contributed by atoms with Crippen molar-refractivity contribution in [1.29, 1.82) is 0 Å². The van der Waals surface area contributed by atoms with Crippen LogP contribution in [0.3, 0.4) is 0 Å². The molecule has 2 nitrogen and oxygen atoms in total. The molecule has 0 aliphatic heterocycles. The molecule has 0 bridgehead atoms. The summed E-state index contributed by atoms with van der Waals surface area (Å²) in [6.07, 6.45) is 3.85. The topological polar surface area (TPSA) is 26.3 Å². The van der Waals surface area contributed by atoms with Crippen molar-refractivity contribution in [2.24, 2.45) is 0 Å². The summed E-state index contributed by atoms with van der Waals surface area (Å²) < 4.78 is 4.77. The molecule has 3 heteroatoms. The molecule has 0 aromatic heterocycles. The van der Waals surface area contributed by atoms with Crippen LogP contribution >= 0.6 is 0 Å². The van der Waals surface area contributed by atoms with Crippen molar-refractivity contribution in [3.05, 3.63) is 0 Å². The number of esters is 1. The Balaban J connectivity index is 3.05. The van der Waals surface area contributed by atoms with E-state index in [1.54, 1.807) is 0 Å². The average molecular weight is 222 g/mol. The first-order valence-corrected chi connectivity index (χ1v) is 5.13. The van der Waals surface area contributed by atoms with Gasteiger partial charge in [-0.15, -0.1) is 0 Å². The van der Waals surface area contributed by atoms with Gasteiger partial charge in [-0.05, 0) is 0 Å². The molecule has 0 saturated heterocycles. The number of hydrogen-bond acceptors (Lipinski definition) is 2. The predicted octanol–water partition coefficient (Wildman–Crippen LogP) is 1.61. The van der Waals surface area contributed by atoms with Gasteiger partial charge in [0, 0.05) is 0 Å². The van der Waals surface area contributed by atoms with Gasteiger partial charge < -0.3 is 0 Å². The van der Waals surface area contributed by atoms with Gasteiger partial charge in [-0.1, -0.05) is 0 Å². The van der Waals surface area contributed by atoms with Crippen molar-refractivity contribution >= 4 is 5.97 Å². The molecule has 0 aromatic rings. The zero-order valence-corrected chi connectivity index (χ0v) is 8.50. The van der Waals surface area contributed by atoms with Crippen molar-refractivity contribution < 1.29 is 30.6 Å². The van der Waals surface area contributed by atoms with Crippen molar-refractivity contribution in [2.75, 3.05) is 4.82 Å². The van der Waals surface area contributed by atoms with Gasteiger partial charge >= 0.3 is 74.0 Å². The van der Waals surface area contributed by atoms with Crippen LogP contribution in [0.15, 0.2) is 0 Å². The quantitative estimate of drug-likeness (QED) is 0.401. The van der Waals surface area contributed by atoms with Crippen LogP contribution in [0.25, 0.3) is 0 Å². The Hall–Kier alpha value is 0.210. The molecule has 0 aliphatic rings. The molecule has 0 unspecified atom stereocenters. The zero-order valence-electron chi connectivity index (χ0n) is 6.30. The summed E-state index contributed by atoms with van der Waals surface area (Å²) in [5, 5.41) is 0. The summed E-state index contributed by atoms with van der Waals surface area (Å²) in [6, 6.07) is 0. The van der Waals surface area contributed by atoms with E-state index in [2.05, 4.69) is 6.92 Å². The molecule has 0 amide bonds. The molecule has 0 spiro atoms. The van der Waals surface area contributed by atoms with E-state index in [1.807, 2.05) is 0 Å². The third-order valence-electron chi connectivity index (χ3n) is 1.21. The zero-order chi connectivity index (χ0) is 7.82. The number of carbonyl (C=O) groups is 1. The van der Waals surface area contributed by atoms with Gasteiger partial charge in [-0.3, -0.25) is 0 Å². The second kappa shape index (κ2) is 7.32. The first-order chi connectivity index (χ1) is 4.81. The summed E-state index contributed by atoms with van der Waals surface area (Å²) in [5.74, 6) is -0.0468. The van der Waals surface area contributed by atoms with Gasteiger partial charge in [0.05, 0.1) is 0 Å². The van der Waals surface area contributed by atoms with E-state index >= 15 is 0 Å². The first-order valence-electron chi connectivity index (χ1n) is 3.57. The van der Waals surface area contributed by atoms with E-state index in [1.165, 1.54) is 21.1 Å². The second-order valence-electron chi connectivity index (χ2n) is 2.10. The van der Waals surface area contributed by atoms with Crippen LogP contribution in [0.5, 0.6) is 0 Å². The van der Waals surface area contributed by atoms with Crippen LogP contribution in [-0.4, -0.2) is 10.8 Å². The standard InChI is InChI=1S/C7H13O2.Nb/c1-3-4-5-6-7(8)9-2;/h2-6H2,1H3;. The molecule has 0 heterocycles. The Labute approximate surface area is 74.2 Å². The Morgan fingerprint density at radius 3 is 2.70 bits per heavy atom. The number of hydrogen-bond donors (Lipinski definition) is 0. The normalized spacial score (nSPS) is 9.30. The fourth-order valence-corrected chi connectivity index (χ4v) is 1.02. The van der Waals surface area contributed by atoms with Gasteiger partial charge in [-0.25, -0.2) is 0 Å². The van der Waals surface area contributed by atoms with Crippen molar-refractivity contribution in [2.45, 2.75) is 32.6 Å². The minimum absolute atomic E-state index is 0.0468. The Morgan fingerprint density at radius 2 is 2.20 bits per heavy atom. The Bertz CT molecular complexity index is 93.6. The second-order valence-corrected chi connectivity index (χ2v) is 2.74. The summed E-state index contributed by atoms with van der Waals surface area (Å²) in [6.45, 7) is 2.12. The molecule has 0 fully saturated rings. The van der Waals surface area contributed by atoms with Crippen molar-refractivity contribution in [3.8, 4) is 0 Å². The molecule has 0 rings (SSSR count). The fourth-order valence-electron chi connectivity index (χ4n) is 0.664. The predicted molar refractivity (Wildman–Crippen MR) is 35.1 cm³/mol. The fraction of sp³-hybridized carbons (Fsp3) is 0.857. The molecular formula is C7H13NbO2. The SMILES string of the molecule is CCCCCC(=O)O[CH2][Nb].